The largest absolute Gasteiger partial charge is 0.506 e. The molecule has 0 aliphatic heterocycles. The lowest BCUT2D eigenvalue weighted by Crippen LogP contribution is -2.10. The number of pyridine rings is 1. The van der Waals surface area contributed by atoms with E-state index in [2.05, 4.69) is 10.1 Å². The molecule has 0 bridgehead atoms. The van der Waals surface area contributed by atoms with Gasteiger partial charge in [0.1, 0.15) is 5.75 Å². The van der Waals surface area contributed by atoms with Gasteiger partial charge in [-0.1, -0.05) is 6.42 Å². The molecule has 0 atom stereocenters. The summed E-state index contributed by atoms with van der Waals surface area (Å²) in [5.41, 5.74) is 0.810. The van der Waals surface area contributed by atoms with Crippen molar-refractivity contribution in [3.63, 3.8) is 0 Å². The Balaban J connectivity index is 2.10. The second kappa shape index (κ2) is 2.70. The Morgan fingerprint density at radius 1 is 1.36 bits per heavy atom. The molecule has 1 aliphatic carbocycles. The van der Waals surface area contributed by atoms with E-state index in [0.29, 0.717) is 5.92 Å². The van der Waals surface area contributed by atoms with Crippen LogP contribution in [0.5, 0.6) is 5.75 Å². The molecule has 0 amide bonds. The highest BCUT2D eigenvalue weighted by Gasteiger charge is 2.23. The van der Waals surface area contributed by atoms with E-state index in [1.807, 2.05) is 0 Å². The maximum atomic E-state index is 9.26. The second-order valence-electron chi connectivity index (χ2n) is 3.79. The van der Waals surface area contributed by atoms with Crippen molar-refractivity contribution in [1.29, 1.82) is 0 Å². The van der Waals surface area contributed by atoms with Gasteiger partial charge in [0.05, 0.1) is 6.20 Å². The zero-order valence-electron chi connectivity index (χ0n) is 7.72. The molecule has 4 heteroatoms. The van der Waals surface area contributed by atoms with Crippen LogP contribution in [-0.4, -0.2) is 19.7 Å². The molecule has 2 aromatic rings. The molecule has 1 saturated carbocycles. The maximum Gasteiger partial charge on any atom is 0.155 e. The van der Waals surface area contributed by atoms with E-state index in [4.69, 9.17) is 0 Å². The lowest BCUT2D eigenvalue weighted by atomic mass is 9.85. The number of hydrogen-bond acceptors (Lipinski definition) is 3. The van der Waals surface area contributed by atoms with Crippen molar-refractivity contribution in [2.45, 2.75) is 25.2 Å². The summed E-state index contributed by atoms with van der Waals surface area (Å²) < 4.78 is 1.64. The van der Waals surface area contributed by atoms with Crippen LogP contribution in [0, 0.1) is 0 Å². The van der Waals surface area contributed by atoms with Gasteiger partial charge >= 0.3 is 0 Å². The minimum atomic E-state index is 0.225. The molecule has 0 aromatic carbocycles. The van der Waals surface area contributed by atoms with Crippen LogP contribution in [0.2, 0.25) is 0 Å². The zero-order valence-corrected chi connectivity index (χ0v) is 7.72. The van der Waals surface area contributed by atoms with E-state index >= 15 is 0 Å². The first-order valence-corrected chi connectivity index (χ1v) is 4.88. The number of aromatic hydroxyl groups is 1. The maximum absolute atomic E-state index is 9.26. The smallest absolute Gasteiger partial charge is 0.155 e. The molecule has 0 radical (unpaired) electrons. The number of hydrogen-bond donors (Lipinski definition) is 1. The summed E-state index contributed by atoms with van der Waals surface area (Å²) in [7, 11) is 0. The average Bonchev–Trinajstić information content (AvgIpc) is 2.43. The zero-order chi connectivity index (χ0) is 9.54. The summed E-state index contributed by atoms with van der Waals surface area (Å²) in [6, 6.07) is 3.42. The SMILES string of the molecule is Oc1ccc2nc(C3CCC3)nn2c1. The second-order valence-corrected chi connectivity index (χ2v) is 3.79. The van der Waals surface area contributed by atoms with Gasteiger partial charge in [0.2, 0.25) is 0 Å². The van der Waals surface area contributed by atoms with Crippen molar-refractivity contribution >= 4 is 5.65 Å². The van der Waals surface area contributed by atoms with Gasteiger partial charge in [0.25, 0.3) is 0 Å². The molecule has 3 rings (SSSR count). The molecule has 4 nitrogen and oxygen atoms in total. The predicted molar refractivity (Wildman–Crippen MR) is 51.2 cm³/mol. The molecular weight excluding hydrogens is 178 g/mol. The number of aromatic nitrogens is 3. The highest BCUT2D eigenvalue weighted by atomic mass is 16.3. The van der Waals surface area contributed by atoms with Crippen molar-refractivity contribution < 1.29 is 5.11 Å². The topological polar surface area (TPSA) is 50.4 Å². The predicted octanol–water partition coefficient (Wildman–Crippen LogP) is 1.70. The van der Waals surface area contributed by atoms with E-state index in [-0.39, 0.29) is 5.75 Å². The Labute approximate surface area is 81.2 Å². The van der Waals surface area contributed by atoms with Gasteiger partial charge in [-0.15, -0.1) is 0 Å². The molecule has 0 saturated heterocycles. The standard InChI is InChI=1S/C10H11N3O/c14-8-4-5-9-11-10(7-2-1-3-7)12-13(9)6-8/h4-7,14H,1-3H2. The third-order valence-corrected chi connectivity index (χ3v) is 2.80. The summed E-state index contributed by atoms with van der Waals surface area (Å²) in [5.74, 6) is 1.68. The van der Waals surface area contributed by atoms with Crippen LogP contribution in [-0.2, 0) is 0 Å². The van der Waals surface area contributed by atoms with Crippen LogP contribution in [0.4, 0.5) is 0 Å². The van der Waals surface area contributed by atoms with E-state index in [0.717, 1.165) is 11.5 Å². The molecule has 1 aliphatic rings. The number of fused-ring (bicyclic) bond motifs is 1. The molecule has 2 heterocycles. The van der Waals surface area contributed by atoms with Gasteiger partial charge in [0, 0.05) is 5.92 Å². The lowest BCUT2D eigenvalue weighted by molar-refractivity contribution is 0.401. The van der Waals surface area contributed by atoms with Gasteiger partial charge in [-0.2, -0.15) is 5.10 Å². The fourth-order valence-electron chi connectivity index (χ4n) is 1.73. The van der Waals surface area contributed by atoms with Gasteiger partial charge < -0.3 is 5.11 Å². The van der Waals surface area contributed by atoms with Crippen LogP contribution in [0.25, 0.3) is 5.65 Å². The minimum Gasteiger partial charge on any atom is -0.506 e. The minimum absolute atomic E-state index is 0.225. The van der Waals surface area contributed by atoms with Gasteiger partial charge in [-0.25, -0.2) is 9.50 Å². The van der Waals surface area contributed by atoms with Gasteiger partial charge in [-0.05, 0) is 25.0 Å². The lowest BCUT2D eigenvalue weighted by Gasteiger charge is -2.21. The van der Waals surface area contributed by atoms with Crippen molar-refractivity contribution in [3.8, 4) is 5.75 Å². The number of rotatable bonds is 1. The van der Waals surface area contributed by atoms with Crippen molar-refractivity contribution in [3.05, 3.63) is 24.2 Å². The molecular formula is C10H11N3O. The Morgan fingerprint density at radius 2 is 2.21 bits per heavy atom. The Kier molecular flexibility index (Phi) is 1.50. The summed E-state index contributed by atoms with van der Waals surface area (Å²) in [5, 5.41) is 13.6. The highest BCUT2D eigenvalue weighted by Crippen LogP contribution is 2.34. The van der Waals surface area contributed by atoms with Crippen LogP contribution in [0.15, 0.2) is 18.3 Å². The quantitative estimate of drug-likeness (QED) is 0.742. The molecule has 0 spiro atoms. The summed E-state index contributed by atoms with van der Waals surface area (Å²) >= 11 is 0. The fourth-order valence-corrected chi connectivity index (χ4v) is 1.73. The number of nitrogens with zero attached hydrogens (tertiary/aromatic N) is 3. The molecule has 0 unspecified atom stereocenters. The highest BCUT2D eigenvalue weighted by molar-refractivity contribution is 5.40. The van der Waals surface area contributed by atoms with E-state index in [9.17, 15) is 5.11 Å². The first kappa shape index (κ1) is 7.79. The fraction of sp³-hybridized carbons (Fsp3) is 0.400. The third-order valence-electron chi connectivity index (χ3n) is 2.80. The van der Waals surface area contributed by atoms with Gasteiger partial charge in [0.15, 0.2) is 11.5 Å². The van der Waals surface area contributed by atoms with Crippen LogP contribution < -0.4 is 0 Å². The monoisotopic (exact) mass is 189 g/mol. The Bertz CT molecular complexity index is 473. The first-order chi connectivity index (χ1) is 6.83. The van der Waals surface area contributed by atoms with Crippen molar-refractivity contribution in [2.75, 3.05) is 0 Å². The van der Waals surface area contributed by atoms with Crippen molar-refractivity contribution in [2.24, 2.45) is 0 Å². The van der Waals surface area contributed by atoms with Gasteiger partial charge in [-0.3, -0.25) is 0 Å². The van der Waals surface area contributed by atoms with Crippen LogP contribution in [0.3, 0.4) is 0 Å². The molecule has 1 N–H and O–H groups in total. The Hall–Kier alpha value is -1.58. The van der Waals surface area contributed by atoms with E-state index in [1.54, 1.807) is 22.8 Å². The molecule has 72 valence electrons. The molecule has 1 fully saturated rings. The van der Waals surface area contributed by atoms with E-state index < -0.39 is 0 Å². The first-order valence-electron chi connectivity index (χ1n) is 4.88. The average molecular weight is 189 g/mol. The van der Waals surface area contributed by atoms with Crippen LogP contribution in [0.1, 0.15) is 31.0 Å². The molecule has 14 heavy (non-hydrogen) atoms. The molecule has 2 aromatic heterocycles. The summed E-state index contributed by atoms with van der Waals surface area (Å²) in [6.07, 6.45) is 5.27. The normalized spacial score (nSPS) is 17.1. The third kappa shape index (κ3) is 1.07. The Morgan fingerprint density at radius 3 is 2.93 bits per heavy atom. The van der Waals surface area contributed by atoms with Crippen LogP contribution >= 0.6 is 0 Å². The summed E-state index contributed by atoms with van der Waals surface area (Å²) in [4.78, 5) is 4.42. The summed E-state index contributed by atoms with van der Waals surface area (Å²) in [6.45, 7) is 0. The van der Waals surface area contributed by atoms with E-state index in [1.165, 1.54) is 19.3 Å². The van der Waals surface area contributed by atoms with Crippen molar-refractivity contribution in [1.82, 2.24) is 14.6 Å².